The van der Waals surface area contributed by atoms with Crippen LogP contribution in [0.3, 0.4) is 0 Å². The van der Waals surface area contributed by atoms with Crippen LogP contribution in [0.1, 0.15) is 0 Å². The summed E-state index contributed by atoms with van der Waals surface area (Å²) in [6.07, 6.45) is 0.706. The van der Waals surface area contributed by atoms with Crippen molar-refractivity contribution in [1.29, 1.82) is 5.41 Å². The predicted molar refractivity (Wildman–Crippen MR) is 49.0 cm³/mol. The smallest absolute Gasteiger partial charge is 0.453 e. The zero-order chi connectivity index (χ0) is 10.4. The standard InChI is InChI=1S/C6H10N2O4S/c1-11-5(9)8-4(7)13(3)6(10)12-2/h1-3H3,(H-,7,8,9)/p+1. The number of ether oxygens (including phenoxy) is 2. The van der Waals surface area contributed by atoms with E-state index in [2.05, 4.69) is 14.8 Å². The van der Waals surface area contributed by atoms with E-state index in [4.69, 9.17) is 5.41 Å². The van der Waals surface area contributed by atoms with Crippen molar-refractivity contribution < 1.29 is 19.1 Å². The number of amides is 1. The summed E-state index contributed by atoms with van der Waals surface area (Å²) in [5.74, 6) is 0. The molecule has 0 aromatic carbocycles. The molecule has 0 aliphatic heterocycles. The van der Waals surface area contributed by atoms with Gasteiger partial charge in [0.25, 0.3) is 0 Å². The fourth-order valence-corrected chi connectivity index (χ4v) is 1.08. The van der Waals surface area contributed by atoms with Crippen LogP contribution in [-0.2, 0) is 20.4 Å². The molecule has 74 valence electrons. The monoisotopic (exact) mass is 207 g/mol. The first-order valence-corrected chi connectivity index (χ1v) is 4.83. The van der Waals surface area contributed by atoms with Crippen LogP contribution in [0.2, 0.25) is 0 Å². The van der Waals surface area contributed by atoms with Crippen LogP contribution < -0.4 is 5.32 Å². The Kier molecular flexibility index (Phi) is 4.90. The highest BCUT2D eigenvalue weighted by atomic mass is 32.2. The molecule has 6 nitrogen and oxygen atoms in total. The fourth-order valence-electron chi connectivity index (χ4n) is 0.429. The molecular formula is C6H11N2O4S+. The number of hydrogen-bond acceptors (Lipinski definition) is 5. The van der Waals surface area contributed by atoms with Gasteiger partial charge in [-0.15, -0.1) is 0 Å². The largest absolute Gasteiger partial charge is 0.533 e. The topological polar surface area (TPSA) is 88.5 Å². The van der Waals surface area contributed by atoms with E-state index >= 15 is 0 Å². The number of hydrogen-bond donors (Lipinski definition) is 2. The van der Waals surface area contributed by atoms with Gasteiger partial charge in [-0.05, 0) is 0 Å². The lowest BCUT2D eigenvalue weighted by Gasteiger charge is -2.01. The second-order valence-corrected chi connectivity index (χ2v) is 3.67. The van der Waals surface area contributed by atoms with Crippen molar-refractivity contribution in [2.45, 2.75) is 0 Å². The van der Waals surface area contributed by atoms with Gasteiger partial charge in [-0.1, -0.05) is 0 Å². The predicted octanol–water partition coefficient (Wildman–Crippen LogP) is 0.292. The number of carbonyl (C=O) groups is 2. The Hall–Kier alpha value is -1.24. The second kappa shape index (κ2) is 5.41. The first-order valence-electron chi connectivity index (χ1n) is 3.20. The van der Waals surface area contributed by atoms with Crippen molar-refractivity contribution in [2.24, 2.45) is 0 Å². The summed E-state index contributed by atoms with van der Waals surface area (Å²) >= 11 is 0. The molecule has 0 rings (SSSR count). The molecule has 7 heteroatoms. The number of methoxy groups -OCH3 is 2. The van der Waals surface area contributed by atoms with Crippen LogP contribution in [0, 0.1) is 5.41 Å². The van der Waals surface area contributed by atoms with Crippen LogP contribution in [-0.4, -0.2) is 37.0 Å². The van der Waals surface area contributed by atoms with Crippen molar-refractivity contribution in [3.8, 4) is 0 Å². The lowest BCUT2D eigenvalue weighted by atomic mass is 11.0. The van der Waals surface area contributed by atoms with Crippen molar-refractivity contribution in [3.63, 3.8) is 0 Å². The Morgan fingerprint density at radius 1 is 1.31 bits per heavy atom. The first kappa shape index (κ1) is 11.8. The normalized spacial score (nSPS) is 11.3. The Morgan fingerprint density at radius 3 is 2.23 bits per heavy atom. The van der Waals surface area contributed by atoms with Gasteiger partial charge in [0.05, 0.1) is 14.2 Å². The molecule has 0 fully saturated rings. The zero-order valence-electron chi connectivity index (χ0n) is 7.54. The molecule has 0 bridgehead atoms. The Morgan fingerprint density at radius 2 is 1.85 bits per heavy atom. The van der Waals surface area contributed by atoms with Crippen LogP contribution >= 0.6 is 0 Å². The van der Waals surface area contributed by atoms with Crippen LogP contribution in [0.4, 0.5) is 9.59 Å². The van der Waals surface area contributed by atoms with E-state index in [0.29, 0.717) is 0 Å². The molecule has 0 aliphatic carbocycles. The lowest BCUT2D eigenvalue weighted by Crippen LogP contribution is -2.38. The second-order valence-electron chi connectivity index (χ2n) is 1.91. The number of nitrogens with one attached hydrogen (secondary N) is 2. The number of alkyl carbamates (subject to hydrolysis) is 1. The molecule has 0 saturated heterocycles. The van der Waals surface area contributed by atoms with E-state index in [-0.39, 0.29) is 5.17 Å². The van der Waals surface area contributed by atoms with E-state index in [1.165, 1.54) is 20.5 Å². The molecule has 0 saturated carbocycles. The average molecular weight is 207 g/mol. The Bertz CT molecular complexity index is 231. The molecule has 2 N–H and O–H groups in total. The number of carbonyl (C=O) groups excluding carboxylic acids is 2. The van der Waals surface area contributed by atoms with Crippen molar-refractivity contribution in [3.05, 3.63) is 0 Å². The van der Waals surface area contributed by atoms with E-state index in [0.717, 1.165) is 0 Å². The van der Waals surface area contributed by atoms with Gasteiger partial charge in [-0.2, -0.15) is 4.79 Å². The van der Waals surface area contributed by atoms with Crippen molar-refractivity contribution >= 4 is 27.5 Å². The summed E-state index contributed by atoms with van der Waals surface area (Å²) in [6, 6.07) is 0. The Balaban J connectivity index is 4.11. The number of amidine groups is 1. The first-order chi connectivity index (χ1) is 6.02. The molecule has 0 aromatic heterocycles. The molecule has 0 spiro atoms. The molecule has 0 aliphatic rings. The van der Waals surface area contributed by atoms with Crippen LogP contribution in [0.15, 0.2) is 0 Å². The summed E-state index contributed by atoms with van der Waals surface area (Å²) in [5, 5.41) is 8.56. The van der Waals surface area contributed by atoms with E-state index in [1.807, 2.05) is 0 Å². The zero-order valence-corrected chi connectivity index (χ0v) is 8.36. The van der Waals surface area contributed by atoms with E-state index in [1.54, 1.807) is 0 Å². The van der Waals surface area contributed by atoms with Gasteiger partial charge in [0.15, 0.2) is 10.9 Å². The summed E-state index contributed by atoms with van der Waals surface area (Å²) in [7, 11) is 1.32. The third-order valence-electron chi connectivity index (χ3n) is 1.12. The van der Waals surface area contributed by atoms with Gasteiger partial charge in [-0.25, -0.2) is 15.5 Å². The molecule has 1 amide bonds. The highest BCUT2D eigenvalue weighted by molar-refractivity contribution is 8.22. The highest BCUT2D eigenvalue weighted by Gasteiger charge is 2.32. The molecule has 0 aromatic rings. The Labute approximate surface area is 78.4 Å². The van der Waals surface area contributed by atoms with Gasteiger partial charge in [0.2, 0.25) is 0 Å². The molecule has 0 radical (unpaired) electrons. The van der Waals surface area contributed by atoms with Gasteiger partial charge in [-0.3, -0.25) is 0 Å². The van der Waals surface area contributed by atoms with Crippen molar-refractivity contribution in [2.75, 3.05) is 20.5 Å². The quantitative estimate of drug-likeness (QED) is 0.258. The summed E-state index contributed by atoms with van der Waals surface area (Å²) in [6.45, 7) is 0. The summed E-state index contributed by atoms with van der Waals surface area (Å²) < 4.78 is 8.63. The van der Waals surface area contributed by atoms with Crippen LogP contribution in [0.5, 0.6) is 0 Å². The fraction of sp³-hybridized carbons (Fsp3) is 0.500. The summed E-state index contributed by atoms with van der Waals surface area (Å²) in [5.41, 5.74) is 0. The minimum Gasteiger partial charge on any atom is -0.453 e. The summed E-state index contributed by atoms with van der Waals surface area (Å²) in [4.78, 5) is 21.5. The highest BCUT2D eigenvalue weighted by Crippen LogP contribution is 1.96. The number of rotatable bonds is 0. The SMILES string of the molecule is COC(=O)NC(=N)[S+](C)C(=O)OC. The van der Waals surface area contributed by atoms with Gasteiger partial charge >= 0.3 is 16.6 Å². The minimum atomic E-state index is -1.07. The van der Waals surface area contributed by atoms with Crippen LogP contribution in [0.25, 0.3) is 0 Å². The van der Waals surface area contributed by atoms with E-state index < -0.39 is 22.3 Å². The maximum Gasteiger partial charge on any atom is 0.533 e. The van der Waals surface area contributed by atoms with Gasteiger partial charge < -0.3 is 9.47 Å². The molecule has 1 unspecified atom stereocenters. The molecular weight excluding hydrogens is 196 g/mol. The van der Waals surface area contributed by atoms with Crippen molar-refractivity contribution in [1.82, 2.24) is 5.32 Å². The minimum absolute atomic E-state index is 0.223. The van der Waals surface area contributed by atoms with Gasteiger partial charge in [0, 0.05) is 0 Å². The third kappa shape index (κ3) is 3.79. The maximum atomic E-state index is 10.9. The molecule has 1 atom stereocenters. The maximum absolute atomic E-state index is 10.9. The molecule has 13 heavy (non-hydrogen) atoms. The average Bonchev–Trinajstić information content (AvgIpc) is 2.14. The lowest BCUT2D eigenvalue weighted by molar-refractivity contribution is 0.177. The molecule has 0 heterocycles. The van der Waals surface area contributed by atoms with Gasteiger partial charge in [0.1, 0.15) is 6.26 Å². The van der Waals surface area contributed by atoms with E-state index in [9.17, 15) is 9.59 Å². The third-order valence-corrected chi connectivity index (χ3v) is 2.50.